The zero-order valence-electron chi connectivity index (χ0n) is 19.7. The van der Waals surface area contributed by atoms with E-state index in [0.717, 1.165) is 16.7 Å². The summed E-state index contributed by atoms with van der Waals surface area (Å²) in [5.74, 6) is 0. The summed E-state index contributed by atoms with van der Waals surface area (Å²) in [4.78, 5) is 4.97. The van der Waals surface area contributed by atoms with Crippen LogP contribution in [0.15, 0.2) is 79.0 Å². The average molecular weight is 618 g/mol. The van der Waals surface area contributed by atoms with Crippen LogP contribution < -0.4 is 0 Å². The Morgan fingerprint density at radius 3 is 2.00 bits per heavy atom. The Labute approximate surface area is 213 Å². The van der Waals surface area contributed by atoms with Gasteiger partial charge in [0.15, 0.2) is 0 Å². The average Bonchev–Trinajstić information content (AvgIpc) is 3.24. The van der Waals surface area contributed by atoms with Crippen molar-refractivity contribution in [3.63, 3.8) is 0 Å². The molecule has 0 aliphatic carbocycles. The van der Waals surface area contributed by atoms with Crippen LogP contribution in [0.2, 0.25) is 0 Å². The van der Waals surface area contributed by atoms with Gasteiger partial charge in [0.2, 0.25) is 0 Å². The van der Waals surface area contributed by atoms with Gasteiger partial charge in [0, 0.05) is 37.4 Å². The molecule has 0 bridgehead atoms. The molecule has 169 valence electrons. The Hall–Kier alpha value is -3.26. The first-order chi connectivity index (χ1) is 16.1. The molecule has 4 aromatic carbocycles. The van der Waals surface area contributed by atoms with Gasteiger partial charge in [-0.25, -0.2) is 0 Å². The van der Waals surface area contributed by atoms with Crippen LogP contribution in [0.25, 0.3) is 49.7 Å². The molecule has 0 saturated carbocycles. The number of nitrogens with zero attached hydrogens (tertiary/aromatic N) is 2. The predicted octanol–water partition coefficient (Wildman–Crippen LogP) is 8.01. The first-order valence-corrected chi connectivity index (χ1v) is 11.4. The first-order valence-electron chi connectivity index (χ1n) is 11.4. The summed E-state index contributed by atoms with van der Waals surface area (Å²) in [6, 6.07) is 29.5. The number of imidazole rings is 1. The van der Waals surface area contributed by atoms with Crippen molar-refractivity contribution in [2.45, 2.75) is 27.7 Å². The number of benzene rings is 4. The normalized spacial score (nSPS) is 11.3. The minimum Gasteiger partial charge on any atom is -0.333 e. The Bertz CT molecular complexity index is 1670. The van der Waals surface area contributed by atoms with Gasteiger partial charge in [0.05, 0.1) is 11.3 Å². The van der Waals surface area contributed by atoms with Gasteiger partial charge in [-0.2, -0.15) is 0 Å². The number of para-hydroxylation sites is 1. The molecule has 0 aliphatic heterocycles. The van der Waals surface area contributed by atoms with Gasteiger partial charge in [-0.05, 0) is 67.0 Å². The summed E-state index contributed by atoms with van der Waals surface area (Å²) in [5.41, 5.74) is 12.1. The Balaban J connectivity index is 0.00000241. The molecule has 2 heterocycles. The maximum absolute atomic E-state index is 4.97. The van der Waals surface area contributed by atoms with Crippen molar-refractivity contribution in [1.82, 2.24) is 9.38 Å². The smallest absolute Gasteiger partial charge is 0.0639 e. The van der Waals surface area contributed by atoms with Gasteiger partial charge < -0.3 is 4.40 Å². The maximum Gasteiger partial charge on any atom is 0.0639 e. The first kappa shape index (κ1) is 22.5. The predicted molar refractivity (Wildman–Crippen MR) is 139 cm³/mol. The summed E-state index contributed by atoms with van der Waals surface area (Å²) in [6.45, 7) is 8.74. The third-order valence-corrected chi connectivity index (χ3v) is 6.88. The van der Waals surface area contributed by atoms with E-state index in [1.54, 1.807) is 0 Å². The van der Waals surface area contributed by atoms with E-state index in [-0.39, 0.29) is 20.1 Å². The molecule has 0 N–H and O–H groups in total. The largest absolute Gasteiger partial charge is 0.333 e. The zero-order chi connectivity index (χ0) is 22.7. The van der Waals surface area contributed by atoms with E-state index in [0.29, 0.717) is 0 Å². The van der Waals surface area contributed by atoms with E-state index in [9.17, 15) is 0 Å². The molecule has 0 spiro atoms. The third kappa shape index (κ3) is 3.23. The van der Waals surface area contributed by atoms with E-state index in [1.807, 2.05) is 12.3 Å². The third-order valence-electron chi connectivity index (χ3n) is 6.88. The Morgan fingerprint density at radius 2 is 1.32 bits per heavy atom. The fourth-order valence-electron chi connectivity index (χ4n) is 5.45. The van der Waals surface area contributed by atoms with Crippen LogP contribution in [0.5, 0.6) is 0 Å². The molecule has 2 aromatic heterocycles. The van der Waals surface area contributed by atoms with Crippen molar-refractivity contribution in [2.24, 2.45) is 0 Å². The minimum atomic E-state index is 0. The summed E-state index contributed by atoms with van der Waals surface area (Å²) < 4.78 is 2.32. The second-order valence-corrected chi connectivity index (χ2v) is 8.99. The van der Waals surface area contributed by atoms with Crippen LogP contribution in [-0.4, -0.2) is 9.38 Å². The molecule has 0 atom stereocenters. The molecule has 3 heteroatoms. The van der Waals surface area contributed by atoms with Crippen LogP contribution in [0.4, 0.5) is 0 Å². The summed E-state index contributed by atoms with van der Waals surface area (Å²) in [6.07, 6.45) is 2.02. The minimum absolute atomic E-state index is 0. The molecule has 0 amide bonds. The van der Waals surface area contributed by atoms with Crippen molar-refractivity contribution in [1.29, 1.82) is 0 Å². The number of hydrogen-bond donors (Lipinski definition) is 0. The molecule has 2 nitrogen and oxygen atoms in total. The fourth-order valence-corrected chi connectivity index (χ4v) is 5.45. The van der Waals surface area contributed by atoms with Gasteiger partial charge in [-0.3, -0.25) is 4.98 Å². The van der Waals surface area contributed by atoms with E-state index < -0.39 is 0 Å². The number of aromatic nitrogens is 2. The van der Waals surface area contributed by atoms with Gasteiger partial charge in [-0.1, -0.05) is 70.9 Å². The van der Waals surface area contributed by atoms with E-state index >= 15 is 0 Å². The molecule has 0 saturated heterocycles. The van der Waals surface area contributed by atoms with Crippen LogP contribution in [0.3, 0.4) is 0 Å². The summed E-state index contributed by atoms with van der Waals surface area (Å²) >= 11 is 0. The molecule has 0 aliphatic rings. The van der Waals surface area contributed by atoms with Crippen molar-refractivity contribution in [2.75, 3.05) is 0 Å². The van der Waals surface area contributed by atoms with E-state index in [1.165, 1.54) is 55.2 Å². The number of pyridine rings is 1. The van der Waals surface area contributed by atoms with Crippen LogP contribution in [0.1, 0.15) is 22.3 Å². The zero-order valence-corrected chi connectivity index (χ0v) is 22.1. The molecule has 1 radical (unpaired) electrons. The molecule has 6 rings (SSSR count). The molecular weight excluding hydrogens is 593 g/mol. The Morgan fingerprint density at radius 1 is 0.706 bits per heavy atom. The summed E-state index contributed by atoms with van der Waals surface area (Å²) in [5, 5.41) is 3.50. The van der Waals surface area contributed by atoms with Crippen molar-refractivity contribution < 1.29 is 20.1 Å². The Kier molecular flexibility index (Phi) is 5.64. The van der Waals surface area contributed by atoms with Crippen molar-refractivity contribution >= 4 is 27.3 Å². The van der Waals surface area contributed by atoms with Gasteiger partial charge in [-0.15, -0.1) is 18.2 Å². The molecular formula is C31H25IrN2-. The summed E-state index contributed by atoms with van der Waals surface area (Å²) in [7, 11) is 0. The fraction of sp³-hybridized carbons (Fsp3) is 0.129. The van der Waals surface area contributed by atoms with Crippen LogP contribution in [-0.2, 0) is 20.1 Å². The number of aryl methyl sites for hydroxylation is 4. The number of hydrogen-bond acceptors (Lipinski definition) is 1. The van der Waals surface area contributed by atoms with E-state index in [4.69, 9.17) is 4.98 Å². The molecule has 0 fully saturated rings. The molecule has 0 unspecified atom stereocenters. The van der Waals surface area contributed by atoms with Crippen LogP contribution >= 0.6 is 0 Å². The number of fused-ring (bicyclic) bond motifs is 6. The SMILES string of the molecule is Cc1cccc(C)c1-c1cc[c-]c2c1c1ccccc1n1c(-c3c(C)cccc3C)cnc21.[Ir]. The van der Waals surface area contributed by atoms with Crippen LogP contribution in [0, 0.1) is 33.8 Å². The van der Waals surface area contributed by atoms with Gasteiger partial charge in [0.25, 0.3) is 0 Å². The second-order valence-electron chi connectivity index (χ2n) is 8.99. The molecule has 6 aromatic rings. The van der Waals surface area contributed by atoms with Gasteiger partial charge in [0.1, 0.15) is 0 Å². The van der Waals surface area contributed by atoms with E-state index in [2.05, 4.69) is 105 Å². The number of rotatable bonds is 2. The molecule has 34 heavy (non-hydrogen) atoms. The topological polar surface area (TPSA) is 17.3 Å². The maximum atomic E-state index is 4.97. The monoisotopic (exact) mass is 618 g/mol. The van der Waals surface area contributed by atoms with Crippen molar-refractivity contribution in [3.05, 3.63) is 107 Å². The van der Waals surface area contributed by atoms with Crippen molar-refractivity contribution in [3.8, 4) is 22.4 Å². The second kappa shape index (κ2) is 8.51. The standard InChI is InChI=1S/C31H25N2.Ir/c1-19-10-7-11-20(2)28(19)24-15-9-16-25-30(24)23-14-5-6-17-26(23)33-27(18-32-31(25)33)29-21(3)12-8-13-22(29)4;/h5-15,17-18H,1-4H3;/q-1;. The quantitative estimate of drug-likeness (QED) is 0.142. The van der Waals surface area contributed by atoms with Gasteiger partial charge >= 0.3 is 0 Å².